The van der Waals surface area contributed by atoms with Crippen molar-refractivity contribution in [1.29, 1.82) is 0 Å². The summed E-state index contributed by atoms with van der Waals surface area (Å²) >= 11 is 6.87. The topological polar surface area (TPSA) is 24.9 Å². The molecule has 0 atom stereocenters. The van der Waals surface area contributed by atoms with Gasteiger partial charge in [-0.05, 0) is 38.9 Å². The van der Waals surface area contributed by atoms with E-state index in [0.717, 1.165) is 21.1 Å². The van der Waals surface area contributed by atoms with Crippen LogP contribution in [0, 0.1) is 0 Å². The van der Waals surface area contributed by atoms with Crippen LogP contribution < -0.4 is 5.32 Å². The number of hydrogen-bond donors (Lipinski definition) is 1. The Morgan fingerprint density at radius 1 is 1.38 bits per heavy atom. The molecule has 1 heterocycles. The van der Waals surface area contributed by atoms with Gasteiger partial charge in [0.05, 0.1) is 0 Å². The Kier molecular flexibility index (Phi) is 4.62. The fourth-order valence-corrected chi connectivity index (χ4v) is 2.07. The van der Waals surface area contributed by atoms with Crippen LogP contribution in [0.3, 0.4) is 0 Å². The van der Waals surface area contributed by atoms with Gasteiger partial charge in [0.2, 0.25) is 0 Å². The highest BCUT2D eigenvalue weighted by Crippen LogP contribution is 2.24. The standard InChI is InChI=1S/C9H10Br2N2/c1-12-4-2-3-7-8(10)5-13-6-9(7)11/h2-3,5-6,12H,4H2,1H3. The van der Waals surface area contributed by atoms with Crippen molar-refractivity contribution in [1.82, 2.24) is 10.3 Å². The largest absolute Gasteiger partial charge is 0.316 e. The molecule has 0 aliphatic carbocycles. The molecule has 0 unspecified atom stereocenters. The zero-order chi connectivity index (χ0) is 9.68. The quantitative estimate of drug-likeness (QED) is 0.929. The predicted molar refractivity (Wildman–Crippen MR) is 62.6 cm³/mol. The molecule has 0 amide bonds. The summed E-state index contributed by atoms with van der Waals surface area (Å²) in [6, 6.07) is 0. The van der Waals surface area contributed by atoms with Crippen molar-refractivity contribution in [3.05, 3.63) is 33.0 Å². The number of aromatic nitrogens is 1. The molecule has 0 fully saturated rings. The van der Waals surface area contributed by atoms with E-state index >= 15 is 0 Å². The lowest BCUT2D eigenvalue weighted by Gasteiger charge is -2.00. The maximum atomic E-state index is 4.03. The van der Waals surface area contributed by atoms with E-state index in [9.17, 15) is 0 Å². The van der Waals surface area contributed by atoms with Gasteiger partial charge in [0.25, 0.3) is 0 Å². The molecule has 0 saturated carbocycles. The Hall–Kier alpha value is -0.190. The second kappa shape index (κ2) is 5.52. The van der Waals surface area contributed by atoms with Crippen molar-refractivity contribution < 1.29 is 0 Å². The van der Waals surface area contributed by atoms with Crippen LogP contribution in [0.25, 0.3) is 6.08 Å². The second-order valence-electron chi connectivity index (χ2n) is 2.48. The average Bonchev–Trinajstić information content (AvgIpc) is 2.10. The van der Waals surface area contributed by atoms with Crippen molar-refractivity contribution >= 4 is 37.9 Å². The monoisotopic (exact) mass is 304 g/mol. The van der Waals surface area contributed by atoms with Gasteiger partial charge in [0.15, 0.2) is 0 Å². The van der Waals surface area contributed by atoms with Crippen LogP contribution in [0.2, 0.25) is 0 Å². The van der Waals surface area contributed by atoms with E-state index in [2.05, 4.69) is 48.2 Å². The van der Waals surface area contributed by atoms with E-state index in [1.807, 2.05) is 13.1 Å². The molecule has 70 valence electrons. The zero-order valence-electron chi connectivity index (χ0n) is 7.22. The lowest BCUT2D eigenvalue weighted by Crippen LogP contribution is -2.03. The van der Waals surface area contributed by atoms with Crippen molar-refractivity contribution in [2.45, 2.75) is 0 Å². The van der Waals surface area contributed by atoms with Gasteiger partial charge in [-0.15, -0.1) is 0 Å². The molecule has 0 bridgehead atoms. The maximum Gasteiger partial charge on any atom is 0.0442 e. The molecule has 13 heavy (non-hydrogen) atoms. The number of nitrogens with zero attached hydrogens (tertiary/aromatic N) is 1. The van der Waals surface area contributed by atoms with Crippen LogP contribution in [-0.2, 0) is 0 Å². The third-order valence-electron chi connectivity index (χ3n) is 1.50. The average molecular weight is 306 g/mol. The number of pyridine rings is 1. The molecular weight excluding hydrogens is 296 g/mol. The molecule has 0 saturated heterocycles. The summed E-state index contributed by atoms with van der Waals surface area (Å²) in [5.41, 5.74) is 1.12. The van der Waals surface area contributed by atoms with E-state index in [1.54, 1.807) is 12.4 Å². The van der Waals surface area contributed by atoms with Crippen LogP contribution in [0.15, 0.2) is 27.4 Å². The summed E-state index contributed by atoms with van der Waals surface area (Å²) in [5, 5.41) is 3.04. The van der Waals surface area contributed by atoms with Gasteiger partial charge in [0, 0.05) is 33.4 Å². The van der Waals surface area contributed by atoms with Crippen molar-refractivity contribution in [2.24, 2.45) is 0 Å². The van der Waals surface area contributed by atoms with E-state index in [4.69, 9.17) is 0 Å². The molecule has 1 rings (SSSR count). The molecule has 1 N–H and O–H groups in total. The van der Waals surface area contributed by atoms with E-state index in [1.165, 1.54) is 0 Å². The van der Waals surface area contributed by atoms with E-state index in [-0.39, 0.29) is 0 Å². The molecule has 1 aromatic rings. The fourth-order valence-electron chi connectivity index (χ4n) is 0.875. The molecule has 0 radical (unpaired) electrons. The molecule has 0 spiro atoms. The predicted octanol–water partition coefficient (Wildman–Crippen LogP) is 2.84. The first-order valence-corrected chi connectivity index (χ1v) is 5.44. The highest BCUT2D eigenvalue weighted by atomic mass is 79.9. The molecule has 4 heteroatoms. The third kappa shape index (κ3) is 3.21. The Balaban J connectivity index is 2.87. The zero-order valence-corrected chi connectivity index (χ0v) is 10.4. The third-order valence-corrected chi connectivity index (χ3v) is 2.76. The number of hydrogen-bond acceptors (Lipinski definition) is 2. The summed E-state index contributed by atoms with van der Waals surface area (Å²) in [6.07, 6.45) is 7.67. The molecular formula is C9H10Br2N2. The van der Waals surface area contributed by atoms with Gasteiger partial charge < -0.3 is 5.32 Å². The lowest BCUT2D eigenvalue weighted by molar-refractivity contribution is 0.922. The van der Waals surface area contributed by atoms with Crippen LogP contribution in [0.5, 0.6) is 0 Å². The Labute approximate surface area is 94.7 Å². The van der Waals surface area contributed by atoms with Crippen molar-refractivity contribution in [3.63, 3.8) is 0 Å². The van der Waals surface area contributed by atoms with Crippen LogP contribution in [0.1, 0.15) is 5.56 Å². The van der Waals surface area contributed by atoms with Gasteiger partial charge >= 0.3 is 0 Å². The minimum atomic E-state index is 0.862. The van der Waals surface area contributed by atoms with Crippen LogP contribution in [0.4, 0.5) is 0 Å². The van der Waals surface area contributed by atoms with Gasteiger partial charge in [-0.25, -0.2) is 0 Å². The smallest absolute Gasteiger partial charge is 0.0442 e. The van der Waals surface area contributed by atoms with E-state index in [0.29, 0.717) is 0 Å². The van der Waals surface area contributed by atoms with E-state index < -0.39 is 0 Å². The molecule has 2 nitrogen and oxygen atoms in total. The lowest BCUT2D eigenvalue weighted by atomic mass is 10.2. The SMILES string of the molecule is CNCC=Cc1c(Br)cncc1Br. The number of likely N-dealkylation sites (N-methyl/N-ethyl adjacent to an activating group) is 1. The summed E-state index contributed by atoms with van der Waals surface area (Å²) in [6.45, 7) is 0.862. The van der Waals surface area contributed by atoms with Gasteiger partial charge in [-0.1, -0.05) is 12.2 Å². The van der Waals surface area contributed by atoms with Crippen LogP contribution in [-0.4, -0.2) is 18.6 Å². The summed E-state index contributed by atoms with van der Waals surface area (Å²) in [5.74, 6) is 0. The molecule has 0 aromatic carbocycles. The number of rotatable bonds is 3. The Morgan fingerprint density at radius 2 is 2.00 bits per heavy atom. The minimum Gasteiger partial charge on any atom is -0.316 e. The molecule has 0 aliphatic heterocycles. The first kappa shape index (κ1) is 10.9. The second-order valence-corrected chi connectivity index (χ2v) is 4.19. The normalized spacial score (nSPS) is 11.0. The molecule has 1 aromatic heterocycles. The van der Waals surface area contributed by atoms with Crippen LogP contribution >= 0.6 is 31.9 Å². The fraction of sp³-hybridized carbons (Fsp3) is 0.222. The number of nitrogens with one attached hydrogen (secondary N) is 1. The Bertz CT molecular complexity index is 290. The summed E-state index contributed by atoms with van der Waals surface area (Å²) in [4.78, 5) is 4.03. The summed E-state index contributed by atoms with van der Waals surface area (Å²) < 4.78 is 1.99. The maximum absolute atomic E-state index is 4.03. The van der Waals surface area contributed by atoms with Crippen molar-refractivity contribution in [2.75, 3.05) is 13.6 Å². The number of halogens is 2. The highest BCUT2D eigenvalue weighted by Gasteiger charge is 2.00. The Morgan fingerprint density at radius 3 is 2.54 bits per heavy atom. The minimum absolute atomic E-state index is 0.862. The first-order valence-electron chi connectivity index (χ1n) is 3.86. The van der Waals surface area contributed by atoms with Crippen molar-refractivity contribution in [3.8, 4) is 0 Å². The van der Waals surface area contributed by atoms with Gasteiger partial charge in [-0.3, -0.25) is 4.98 Å². The first-order chi connectivity index (χ1) is 6.25. The van der Waals surface area contributed by atoms with Gasteiger partial charge in [-0.2, -0.15) is 0 Å². The molecule has 0 aliphatic rings. The summed E-state index contributed by atoms with van der Waals surface area (Å²) in [7, 11) is 1.92. The van der Waals surface area contributed by atoms with Gasteiger partial charge in [0.1, 0.15) is 0 Å². The highest BCUT2D eigenvalue weighted by molar-refractivity contribution is 9.11.